The number of nitrogens with zero attached hydrogens (tertiary/aromatic N) is 2. The molecule has 0 saturated heterocycles. The topological polar surface area (TPSA) is 75.0 Å². The maximum atomic E-state index is 12.9. The van der Waals surface area contributed by atoms with Crippen LogP contribution in [-0.4, -0.2) is 23.3 Å². The molecule has 35 heavy (non-hydrogen) atoms. The first-order valence-electron chi connectivity index (χ1n) is 11.2. The van der Waals surface area contributed by atoms with Crippen LogP contribution in [0.25, 0.3) is 22.4 Å². The summed E-state index contributed by atoms with van der Waals surface area (Å²) < 4.78 is 5.29. The minimum atomic E-state index is -0.466. The number of carbonyl (C=O) groups excluding carboxylic acids is 1. The molecule has 0 aliphatic carbocycles. The number of nitriles is 1. The number of aromatic nitrogens is 1. The number of anilines is 1. The number of benzene rings is 3. The molecule has 0 bridgehead atoms. The molecule has 0 aliphatic rings. The second-order valence-corrected chi connectivity index (χ2v) is 9.39. The first kappa shape index (κ1) is 24.1. The summed E-state index contributed by atoms with van der Waals surface area (Å²) in [5.41, 5.74) is 5.64. The molecule has 1 aromatic heterocycles. The third-order valence-corrected chi connectivity index (χ3v) is 6.63. The van der Waals surface area contributed by atoms with Crippen LogP contribution in [0.4, 0.5) is 5.69 Å². The summed E-state index contributed by atoms with van der Waals surface area (Å²) in [6.07, 6.45) is 0. The Morgan fingerprint density at radius 2 is 1.66 bits per heavy atom. The Balaban J connectivity index is 1.75. The van der Waals surface area contributed by atoms with E-state index in [0.29, 0.717) is 10.6 Å². The van der Waals surface area contributed by atoms with Crippen molar-refractivity contribution in [2.45, 2.75) is 24.1 Å². The minimum absolute atomic E-state index is 0.154. The van der Waals surface area contributed by atoms with E-state index < -0.39 is 5.25 Å². The zero-order valence-electron chi connectivity index (χ0n) is 19.8. The van der Waals surface area contributed by atoms with Gasteiger partial charge in [-0.15, -0.1) is 0 Å². The lowest BCUT2D eigenvalue weighted by atomic mass is 9.99. The van der Waals surface area contributed by atoms with Crippen molar-refractivity contribution in [3.63, 3.8) is 0 Å². The Hall–Kier alpha value is -4.08. The van der Waals surface area contributed by atoms with Crippen molar-refractivity contribution in [3.05, 3.63) is 96.1 Å². The molecule has 174 valence electrons. The zero-order chi connectivity index (χ0) is 24.8. The van der Waals surface area contributed by atoms with Crippen LogP contribution in [0.1, 0.15) is 18.1 Å². The van der Waals surface area contributed by atoms with Gasteiger partial charge in [-0.3, -0.25) is 4.79 Å². The number of aryl methyl sites for hydroxylation is 1. The maximum absolute atomic E-state index is 12.9. The van der Waals surface area contributed by atoms with Crippen LogP contribution in [0.3, 0.4) is 0 Å². The quantitative estimate of drug-likeness (QED) is 0.298. The van der Waals surface area contributed by atoms with Gasteiger partial charge in [0.05, 0.1) is 23.6 Å². The first-order chi connectivity index (χ1) is 17.0. The van der Waals surface area contributed by atoms with Crippen molar-refractivity contribution >= 4 is 23.4 Å². The molecular formula is C29H25N3O2S. The highest BCUT2D eigenvalue weighted by molar-refractivity contribution is 8.00. The van der Waals surface area contributed by atoms with Gasteiger partial charge in [0.1, 0.15) is 16.8 Å². The molecule has 3 aromatic carbocycles. The van der Waals surface area contributed by atoms with E-state index in [4.69, 9.17) is 9.72 Å². The lowest BCUT2D eigenvalue weighted by Gasteiger charge is -2.16. The van der Waals surface area contributed by atoms with E-state index in [-0.39, 0.29) is 5.91 Å². The zero-order valence-corrected chi connectivity index (χ0v) is 20.6. The summed E-state index contributed by atoms with van der Waals surface area (Å²) in [4.78, 5) is 17.7. The van der Waals surface area contributed by atoms with Crippen LogP contribution in [0.5, 0.6) is 5.75 Å². The van der Waals surface area contributed by atoms with Gasteiger partial charge in [0.25, 0.3) is 0 Å². The number of amides is 1. The predicted molar refractivity (Wildman–Crippen MR) is 142 cm³/mol. The number of para-hydroxylation sites is 1. The highest BCUT2D eigenvalue weighted by Crippen LogP contribution is 2.36. The predicted octanol–water partition coefficient (Wildman–Crippen LogP) is 6.72. The first-order valence-corrected chi connectivity index (χ1v) is 12.1. The molecule has 4 rings (SSSR count). The van der Waals surface area contributed by atoms with Crippen molar-refractivity contribution in [1.29, 1.82) is 5.26 Å². The molecule has 1 heterocycles. The Labute approximate surface area is 209 Å². The summed E-state index contributed by atoms with van der Waals surface area (Å²) in [6, 6.07) is 29.3. The van der Waals surface area contributed by atoms with Crippen molar-refractivity contribution in [1.82, 2.24) is 4.98 Å². The average molecular weight is 480 g/mol. The monoisotopic (exact) mass is 479 g/mol. The van der Waals surface area contributed by atoms with Crippen LogP contribution in [0.15, 0.2) is 90.0 Å². The molecule has 1 unspecified atom stereocenters. The second kappa shape index (κ2) is 10.9. The molecule has 0 saturated carbocycles. The van der Waals surface area contributed by atoms with E-state index in [2.05, 4.69) is 11.4 Å². The van der Waals surface area contributed by atoms with Gasteiger partial charge >= 0.3 is 0 Å². The van der Waals surface area contributed by atoms with Crippen molar-refractivity contribution < 1.29 is 9.53 Å². The lowest BCUT2D eigenvalue weighted by Crippen LogP contribution is -2.22. The summed E-state index contributed by atoms with van der Waals surface area (Å²) in [5.74, 6) is 0.583. The fraction of sp³-hybridized carbons (Fsp3) is 0.138. The number of pyridine rings is 1. The maximum Gasteiger partial charge on any atom is 0.237 e. The van der Waals surface area contributed by atoms with Crippen molar-refractivity contribution in [2.75, 3.05) is 12.4 Å². The van der Waals surface area contributed by atoms with Gasteiger partial charge in [0.15, 0.2) is 0 Å². The van der Waals surface area contributed by atoms with E-state index >= 15 is 0 Å². The molecule has 6 heteroatoms. The van der Waals surface area contributed by atoms with Crippen molar-refractivity contribution in [2.24, 2.45) is 0 Å². The van der Waals surface area contributed by atoms with Gasteiger partial charge in [0, 0.05) is 16.8 Å². The fourth-order valence-corrected chi connectivity index (χ4v) is 4.50. The van der Waals surface area contributed by atoms with E-state index in [1.807, 2.05) is 98.8 Å². The molecule has 4 aromatic rings. The molecule has 0 fully saturated rings. The normalized spacial score (nSPS) is 11.4. The highest BCUT2D eigenvalue weighted by atomic mass is 32.2. The van der Waals surface area contributed by atoms with Gasteiger partial charge in [-0.2, -0.15) is 5.26 Å². The van der Waals surface area contributed by atoms with Gasteiger partial charge in [0.2, 0.25) is 5.91 Å². The smallest absolute Gasteiger partial charge is 0.237 e. The van der Waals surface area contributed by atoms with Gasteiger partial charge in [-0.05, 0) is 49.7 Å². The average Bonchev–Trinajstić information content (AvgIpc) is 2.89. The van der Waals surface area contributed by atoms with Gasteiger partial charge < -0.3 is 10.1 Å². The molecule has 0 aliphatic heterocycles. The number of methoxy groups -OCH3 is 1. The van der Waals surface area contributed by atoms with Gasteiger partial charge in [-0.1, -0.05) is 71.9 Å². The second-order valence-electron chi connectivity index (χ2n) is 8.06. The standard InChI is InChI=1S/C29H25N3O2S/c1-19-9-11-22(12-10-19)27-17-25(21-13-15-24(34-3)16-14-21)26(18-30)29(32-27)35-20(2)28(33)31-23-7-5-4-6-8-23/h4-17,20H,1-3H3,(H,31,33). The minimum Gasteiger partial charge on any atom is -0.497 e. The van der Waals surface area contributed by atoms with E-state index in [0.717, 1.165) is 39.4 Å². The largest absolute Gasteiger partial charge is 0.497 e. The highest BCUT2D eigenvalue weighted by Gasteiger charge is 2.21. The number of nitrogens with one attached hydrogen (secondary N) is 1. The number of hydrogen-bond donors (Lipinski definition) is 1. The summed E-state index contributed by atoms with van der Waals surface area (Å²) in [5, 5.41) is 13.1. The SMILES string of the molecule is COc1ccc(-c2cc(-c3ccc(C)cc3)nc(SC(C)C(=O)Nc3ccccc3)c2C#N)cc1. The third-order valence-electron chi connectivity index (χ3n) is 5.55. The summed E-state index contributed by atoms with van der Waals surface area (Å²) in [7, 11) is 1.62. The summed E-state index contributed by atoms with van der Waals surface area (Å²) >= 11 is 1.28. The molecule has 1 amide bonds. The number of carbonyl (C=O) groups is 1. The third kappa shape index (κ3) is 5.71. The Kier molecular flexibility index (Phi) is 7.49. The van der Waals surface area contributed by atoms with E-state index in [9.17, 15) is 10.1 Å². The number of hydrogen-bond acceptors (Lipinski definition) is 5. The molecule has 1 N–H and O–H groups in total. The van der Waals surface area contributed by atoms with Crippen molar-refractivity contribution in [3.8, 4) is 34.2 Å². The van der Waals surface area contributed by atoms with Crippen LogP contribution in [-0.2, 0) is 4.79 Å². The van der Waals surface area contributed by atoms with Crippen LogP contribution >= 0.6 is 11.8 Å². The molecule has 0 radical (unpaired) electrons. The number of ether oxygens (including phenoxy) is 1. The number of thioether (sulfide) groups is 1. The Morgan fingerprint density at radius 1 is 1.00 bits per heavy atom. The van der Waals surface area contributed by atoms with Crippen LogP contribution in [0.2, 0.25) is 0 Å². The Morgan fingerprint density at radius 3 is 2.29 bits per heavy atom. The van der Waals surface area contributed by atoms with Crippen LogP contribution in [0, 0.1) is 18.3 Å². The Bertz CT molecular complexity index is 1360. The molecular weight excluding hydrogens is 454 g/mol. The van der Waals surface area contributed by atoms with Gasteiger partial charge in [-0.25, -0.2) is 4.98 Å². The van der Waals surface area contributed by atoms with E-state index in [1.54, 1.807) is 7.11 Å². The number of rotatable bonds is 7. The fourth-order valence-electron chi connectivity index (χ4n) is 3.57. The lowest BCUT2D eigenvalue weighted by molar-refractivity contribution is -0.115. The van der Waals surface area contributed by atoms with Crippen LogP contribution < -0.4 is 10.1 Å². The van der Waals surface area contributed by atoms with E-state index in [1.165, 1.54) is 11.8 Å². The molecule has 5 nitrogen and oxygen atoms in total. The summed E-state index contributed by atoms with van der Waals surface area (Å²) in [6.45, 7) is 3.85. The molecule has 0 spiro atoms. The molecule has 1 atom stereocenters.